The topological polar surface area (TPSA) is 0 Å². The molecule has 2 aromatic rings. The van der Waals surface area contributed by atoms with Gasteiger partial charge in [0.25, 0.3) is 0 Å². The average molecular weight is 256 g/mol. The van der Waals surface area contributed by atoms with Crippen molar-refractivity contribution in [2.45, 2.75) is 13.8 Å². The maximum atomic E-state index is 5.96. The van der Waals surface area contributed by atoms with Gasteiger partial charge in [0.2, 0.25) is 0 Å². The van der Waals surface area contributed by atoms with E-state index in [0.29, 0.717) is 0 Å². The summed E-state index contributed by atoms with van der Waals surface area (Å²) in [6, 6.07) is 20.0. The summed E-state index contributed by atoms with van der Waals surface area (Å²) >= 11 is 0. The molecule has 0 amide bonds. The third-order valence-electron chi connectivity index (χ3n) is 1.11. The third kappa shape index (κ3) is 31.4. The van der Waals surface area contributed by atoms with Crippen LogP contribution in [0.4, 0.5) is 0 Å². The van der Waals surface area contributed by atoms with Gasteiger partial charge in [-0.05, 0) is 13.8 Å². The summed E-state index contributed by atoms with van der Waals surface area (Å²) in [7, 11) is 0. The zero-order valence-electron chi connectivity index (χ0n) is 10.3. The van der Waals surface area contributed by atoms with Crippen LogP contribution >= 0.6 is 0 Å². The molecule has 0 saturated carbocycles. The minimum atomic E-state index is 0. The molecule has 0 radical (unpaired) electrons. The van der Waals surface area contributed by atoms with Gasteiger partial charge in [0.15, 0.2) is 0 Å². The van der Waals surface area contributed by atoms with E-state index >= 15 is 0 Å². The van der Waals surface area contributed by atoms with Crippen LogP contribution in [0.15, 0.2) is 60.7 Å². The molecule has 2 rings (SSSR count). The molecule has 1 heteroatoms. The molecule has 0 nitrogen and oxygen atoms in total. The van der Waals surface area contributed by atoms with Crippen molar-refractivity contribution in [3.05, 3.63) is 73.5 Å². The van der Waals surface area contributed by atoms with Crippen LogP contribution in [0, 0.1) is 24.7 Å². The predicted molar refractivity (Wildman–Crippen MR) is 69.7 cm³/mol. The molecule has 0 unspecified atom stereocenters. The first-order chi connectivity index (χ1) is 7.83. The molecule has 17 heavy (non-hydrogen) atoms. The Morgan fingerprint density at radius 1 is 0.765 bits per heavy atom. The van der Waals surface area contributed by atoms with E-state index < -0.39 is 0 Å². The molecule has 0 spiro atoms. The van der Waals surface area contributed by atoms with Crippen molar-refractivity contribution in [2.24, 2.45) is 0 Å². The molecular formula is C16H16Ti-8. The first kappa shape index (κ1) is 20.9. The van der Waals surface area contributed by atoms with E-state index in [1.54, 1.807) is 13.8 Å². The van der Waals surface area contributed by atoms with Crippen LogP contribution in [-0.2, 0) is 21.7 Å². The second-order valence-corrected chi connectivity index (χ2v) is 2.42. The number of rotatable bonds is 0. The van der Waals surface area contributed by atoms with Crippen molar-refractivity contribution >= 4 is 0 Å². The minimum absolute atomic E-state index is 0. The van der Waals surface area contributed by atoms with E-state index in [-0.39, 0.29) is 21.7 Å². The summed E-state index contributed by atoms with van der Waals surface area (Å²) in [6.45, 7) is 3.08. The molecule has 0 bridgehead atoms. The molecule has 0 aliphatic carbocycles. The third-order valence-corrected chi connectivity index (χ3v) is 1.11. The molecule has 2 aromatic carbocycles. The largest absolute Gasteiger partial charge is 0.748 e. The van der Waals surface area contributed by atoms with E-state index in [1.165, 1.54) is 0 Å². The number of hydrogen-bond donors (Lipinski definition) is 0. The van der Waals surface area contributed by atoms with Gasteiger partial charge < -0.3 is 55.0 Å². The monoisotopic (exact) mass is 256 g/mol. The van der Waals surface area contributed by atoms with Crippen molar-refractivity contribution in [1.82, 2.24) is 0 Å². The number of hydrogen-bond acceptors (Lipinski definition) is 0. The Labute approximate surface area is 121 Å². The summed E-state index contributed by atoms with van der Waals surface area (Å²) in [5, 5.41) is 0. The van der Waals surface area contributed by atoms with Gasteiger partial charge in [-0.2, -0.15) is 18.2 Å². The molecule has 92 valence electrons. The molecule has 0 saturated heterocycles. The smallest absolute Gasteiger partial charge is 0 e. The van der Waals surface area contributed by atoms with Gasteiger partial charge in [0, 0.05) is 21.7 Å². The SMILES string of the molecule is [C-]#CC.[C-]#CC.[Ti].[cH-]1[cH-][cH-][cH-][cH-]1.c1cc[cH-]c1. The molecule has 0 N–H and O–H groups in total. The van der Waals surface area contributed by atoms with E-state index in [1.807, 2.05) is 72.5 Å². The minimum Gasteiger partial charge on any atom is -0.748 e. The summed E-state index contributed by atoms with van der Waals surface area (Å²) in [6.07, 6.45) is 11.9. The zero-order valence-corrected chi connectivity index (χ0v) is 11.8. The van der Waals surface area contributed by atoms with Crippen LogP contribution in [0.2, 0.25) is 0 Å². The van der Waals surface area contributed by atoms with Crippen molar-refractivity contribution < 1.29 is 21.7 Å². The average Bonchev–Trinajstić information content (AvgIpc) is 3.00. The predicted octanol–water partition coefficient (Wildman–Crippen LogP) is 4.00. The van der Waals surface area contributed by atoms with Gasteiger partial charge in [0.05, 0.1) is 0 Å². The van der Waals surface area contributed by atoms with Crippen LogP contribution < -0.4 is 0 Å². The van der Waals surface area contributed by atoms with Crippen LogP contribution in [0.1, 0.15) is 13.8 Å². The normalized spacial score (nSPS) is 5.65. The van der Waals surface area contributed by atoms with E-state index in [0.717, 1.165) is 0 Å². The Morgan fingerprint density at radius 2 is 1.00 bits per heavy atom. The second-order valence-electron chi connectivity index (χ2n) is 2.42. The first-order valence-electron chi connectivity index (χ1n) is 4.83. The van der Waals surface area contributed by atoms with Crippen LogP contribution in [-0.4, -0.2) is 0 Å². The van der Waals surface area contributed by atoms with Crippen LogP contribution in [0.5, 0.6) is 0 Å². The van der Waals surface area contributed by atoms with Crippen LogP contribution in [0.3, 0.4) is 0 Å². The molecule has 0 heterocycles. The van der Waals surface area contributed by atoms with Gasteiger partial charge >= 0.3 is 0 Å². The molecule has 0 aliphatic heterocycles. The molecule has 0 atom stereocenters. The zero-order chi connectivity index (χ0) is 12.5. The van der Waals surface area contributed by atoms with Gasteiger partial charge in [-0.3, -0.25) is 0 Å². The Hall–Kier alpha value is -1.47. The Morgan fingerprint density at radius 3 is 1.12 bits per heavy atom. The fraction of sp³-hybridized carbons (Fsp3) is 0.125. The summed E-state index contributed by atoms with van der Waals surface area (Å²) in [4.78, 5) is 0. The Bertz CT molecular complexity index is 268. The molecule has 0 aromatic heterocycles. The van der Waals surface area contributed by atoms with Crippen molar-refractivity contribution in [1.29, 1.82) is 0 Å². The Kier molecular flexibility index (Phi) is 29.5. The molecule has 0 aliphatic rings. The van der Waals surface area contributed by atoms with E-state index in [4.69, 9.17) is 12.8 Å². The van der Waals surface area contributed by atoms with Crippen molar-refractivity contribution in [2.75, 3.05) is 0 Å². The fourth-order valence-electron chi connectivity index (χ4n) is 0.642. The summed E-state index contributed by atoms with van der Waals surface area (Å²) in [5.41, 5.74) is 0. The first-order valence-corrected chi connectivity index (χ1v) is 4.83. The molecular weight excluding hydrogens is 240 g/mol. The fourth-order valence-corrected chi connectivity index (χ4v) is 0.642. The second kappa shape index (κ2) is 24.0. The Balaban J connectivity index is -0.000000157. The van der Waals surface area contributed by atoms with Gasteiger partial charge in [-0.15, -0.1) is 0 Å². The molecule has 0 fully saturated rings. The van der Waals surface area contributed by atoms with Gasteiger partial charge in [0.1, 0.15) is 0 Å². The van der Waals surface area contributed by atoms with E-state index in [9.17, 15) is 0 Å². The standard InChI is InChI=1S/2C5H5.2C3H3.Ti/c2*1-2-4-5-3-1;2*1-3-2;/h2*1-5H;2*1H3;/q-5;3*-1;. The summed E-state index contributed by atoms with van der Waals surface area (Å²) < 4.78 is 0. The van der Waals surface area contributed by atoms with Crippen molar-refractivity contribution in [3.8, 4) is 11.8 Å². The van der Waals surface area contributed by atoms with Crippen molar-refractivity contribution in [3.63, 3.8) is 0 Å². The maximum Gasteiger partial charge on any atom is 0 e. The van der Waals surface area contributed by atoms with Crippen LogP contribution in [0.25, 0.3) is 0 Å². The van der Waals surface area contributed by atoms with Gasteiger partial charge in [-0.25, -0.2) is 12.1 Å². The summed E-state index contributed by atoms with van der Waals surface area (Å²) in [5.74, 6) is 4.00. The van der Waals surface area contributed by atoms with Gasteiger partial charge in [-0.1, -0.05) is 0 Å². The van der Waals surface area contributed by atoms with E-state index in [2.05, 4.69) is 0 Å². The maximum absolute atomic E-state index is 5.96. The quantitative estimate of drug-likeness (QED) is 0.379.